The van der Waals surface area contributed by atoms with Gasteiger partial charge in [-0.1, -0.05) is 85.8 Å². The molecule has 11 nitrogen and oxygen atoms in total. The highest BCUT2D eigenvalue weighted by atomic mass is 16.5. The molecule has 11 heteroatoms. The summed E-state index contributed by atoms with van der Waals surface area (Å²) in [4.78, 5) is 51.5. The maximum Gasteiger partial charge on any atom is 0.136 e. The molecule has 0 bridgehead atoms. The van der Waals surface area contributed by atoms with Crippen molar-refractivity contribution in [2.45, 2.75) is 402 Å². The van der Waals surface area contributed by atoms with Crippen molar-refractivity contribution in [2.75, 3.05) is 14.2 Å². The molecule has 0 saturated heterocycles. The maximum absolute atomic E-state index is 13.0. The minimum Gasteiger partial charge on any atom is -0.393 e. The summed E-state index contributed by atoms with van der Waals surface area (Å²) in [6.07, 6.45) is 60.5. The van der Waals surface area contributed by atoms with Crippen LogP contribution in [0.25, 0.3) is 0 Å². The molecule has 20 rings (SSSR count). The van der Waals surface area contributed by atoms with Gasteiger partial charge < -0.3 is 35.0 Å². The number of allylic oxidation sites excluding steroid dienone is 5. The molecule has 708 valence electrons. The van der Waals surface area contributed by atoms with Crippen molar-refractivity contribution in [2.24, 2.45) is 214 Å². The molecule has 0 aromatic carbocycles. The van der Waals surface area contributed by atoms with E-state index in [0.29, 0.717) is 151 Å². The zero-order chi connectivity index (χ0) is 90.3. The summed E-state index contributed by atoms with van der Waals surface area (Å²) in [7, 11) is 3.69. The second-order valence-corrected chi connectivity index (χ2v) is 50.3. The Morgan fingerprint density at radius 2 is 0.746 bits per heavy atom. The summed E-state index contributed by atoms with van der Waals surface area (Å²) in [5, 5.41) is 51.3. The van der Waals surface area contributed by atoms with Crippen molar-refractivity contribution in [3.63, 3.8) is 0 Å². The lowest BCUT2D eigenvalue weighted by Gasteiger charge is -2.62. The number of ether oxygens (including phenoxy) is 2. The molecule has 0 amide bonds. The summed E-state index contributed by atoms with van der Waals surface area (Å²) in [6.45, 7) is 47.6. The number of carbonyl (C=O) groups excluding carboxylic acids is 4. The van der Waals surface area contributed by atoms with E-state index in [-0.39, 0.29) is 75.2 Å². The van der Waals surface area contributed by atoms with Crippen LogP contribution in [0.4, 0.5) is 0 Å². The molecular formula is C115H182O11. The Morgan fingerprint density at radius 1 is 0.357 bits per heavy atom. The molecule has 0 heterocycles. The van der Waals surface area contributed by atoms with Gasteiger partial charge in [0.15, 0.2) is 0 Å². The molecule has 0 unspecified atom stereocenters. The minimum atomic E-state index is -0.249. The van der Waals surface area contributed by atoms with Gasteiger partial charge in [0.2, 0.25) is 0 Å². The van der Waals surface area contributed by atoms with Crippen molar-refractivity contribution in [1.82, 2.24) is 0 Å². The van der Waals surface area contributed by atoms with Crippen LogP contribution >= 0.6 is 0 Å². The highest BCUT2D eigenvalue weighted by molar-refractivity contribution is 5.86. The Kier molecular flexibility index (Phi) is 28.0. The van der Waals surface area contributed by atoms with Gasteiger partial charge in [0.05, 0.1) is 42.7 Å². The van der Waals surface area contributed by atoms with Crippen LogP contribution in [0.1, 0.15) is 359 Å². The van der Waals surface area contributed by atoms with E-state index < -0.39 is 0 Å². The van der Waals surface area contributed by atoms with E-state index in [9.17, 15) is 44.7 Å². The predicted molar refractivity (Wildman–Crippen MR) is 508 cm³/mol. The molecule has 5 N–H and O–H groups in total. The normalized spacial score (nSPS) is 53.5. The third kappa shape index (κ3) is 14.9. The molecule has 43 atom stereocenters. The van der Waals surface area contributed by atoms with Gasteiger partial charge in [-0.2, -0.15) is 0 Å². The first-order valence-electron chi connectivity index (χ1n) is 53.7. The van der Waals surface area contributed by atoms with Crippen molar-refractivity contribution in [1.29, 1.82) is 0 Å². The average Bonchev–Trinajstić information content (AvgIpc) is 1.50. The standard InChI is InChI=1S/2C23H36O3.2C23H36O2.C23H38O/c1-5-15-7-9-19-18-8-6-16-12-17(25)10-11-22(16,3)21(18)20(26-4)13-23(15,19)14(2)24;1-5-15-6-7-19-17-13-21(26-4)20-12-16(25)8-10-22(20,3)18(17)9-11-23(15,19)14(2)24;1-5-16-7-9-20-18-8-6-17-12-21(25)14(2)13-22(17,4)19(18)10-11-23(16,20)15(3)24;1-4-16-7-9-21-19-8-6-17-14-18(25)10-12-22(17,5-2)20(19)11-13-23(16,21)15(3)24;1-5-23-13-11-20-18(21(23)9-8-19(23)15(2)3)7-6-16-14-17(24)10-12-22(16,20)4/h2*5,15-21,25H,1,6-13H2,2-4H3;5,14,16-21,25H,1,6-13H2,2-4H3;4,16-21,25H,1,5-14H2,2-3H3;5,15-21,24H,1,6-14H2,2-4H3/t15-,16-,17+,18-,19-,20-,21+,22-,23-;15-,16+,17+,18-,19-,20+,21+,22+,23-;14-,16-,17-,18+,19-,20-,21-,22-,23-;16-,17-,18+,19+,20-,21-,22-,23-;16-,17+,18+,19+,20-,21-,22-,23+/m00000/s1. The van der Waals surface area contributed by atoms with Crippen LogP contribution in [0.5, 0.6) is 0 Å². The van der Waals surface area contributed by atoms with Gasteiger partial charge in [0.1, 0.15) is 23.1 Å². The summed E-state index contributed by atoms with van der Waals surface area (Å²) in [5.41, 5.74) is 1.63. The van der Waals surface area contributed by atoms with Gasteiger partial charge in [0.25, 0.3) is 0 Å². The zero-order valence-electron chi connectivity index (χ0n) is 82.1. The van der Waals surface area contributed by atoms with Crippen molar-refractivity contribution in [3.05, 3.63) is 63.3 Å². The Bertz CT molecular complexity index is 3930. The van der Waals surface area contributed by atoms with Crippen molar-refractivity contribution in [3.8, 4) is 0 Å². The number of Topliss-reactive ketones (excluding diaryl/α,β-unsaturated/α-hetero) is 4. The third-order valence-corrected chi connectivity index (χ3v) is 47.4. The molecule has 0 aromatic heterocycles. The SMILES string of the molecule is C=C[C@H]1CC[C@H]2[C@@H]3CC[C@H]4C[C@H](O)CC[C@]4(C)[C@H]3[C@@H](OC)C[C@]12C(C)=O.C=C[C@H]1CC[C@H]2[C@@H]3CC[C@H]4C[C@H](O)CC[C@]4(CC)[C@H]3CC[C@]12C(C)=O.C=C[C@H]1CC[C@H]2[C@@H]3CC[C@H]4C[C@H](O)[C@@H](C)C[C@]4(C)[C@H]3CC[C@]12C(C)=O.C=C[C@H]1CC[C@H]2[C@@H]3C[C@@H](OC)[C@H]4C[C@H](O)CC[C@]4(C)[C@H]3CC[C@]12C(C)=O.C=C[C@]12CC[C@H]3[C@@H](CC[C@H]4C[C@H](O)CC[C@@]43C)[C@@H]1CC[C@@H]2C(C)C. The number of aliphatic hydroxyl groups excluding tert-OH is 5. The van der Waals surface area contributed by atoms with Crippen LogP contribution in [-0.2, 0) is 28.7 Å². The van der Waals surface area contributed by atoms with Crippen LogP contribution in [-0.4, -0.2) is 106 Å². The highest BCUT2D eigenvalue weighted by Gasteiger charge is 2.71. The van der Waals surface area contributed by atoms with E-state index in [1.54, 1.807) is 0 Å². The van der Waals surface area contributed by atoms with Crippen molar-refractivity contribution >= 4 is 23.1 Å². The fourth-order valence-corrected chi connectivity index (χ4v) is 41.7. The average molecular weight is 1740 g/mol. The first-order chi connectivity index (χ1) is 60.0. The number of hydrogen-bond acceptors (Lipinski definition) is 11. The Labute approximate surface area is 766 Å². The highest BCUT2D eigenvalue weighted by Crippen LogP contribution is 2.76. The van der Waals surface area contributed by atoms with Crippen LogP contribution in [0, 0.1) is 214 Å². The van der Waals surface area contributed by atoms with E-state index >= 15 is 0 Å². The fourth-order valence-electron chi connectivity index (χ4n) is 41.7. The molecule has 20 fully saturated rings. The van der Waals surface area contributed by atoms with Crippen LogP contribution < -0.4 is 0 Å². The molecule has 20 aliphatic carbocycles. The second-order valence-electron chi connectivity index (χ2n) is 50.3. The number of ketones is 4. The molecule has 0 radical (unpaired) electrons. The summed E-state index contributed by atoms with van der Waals surface area (Å²) < 4.78 is 12.1. The van der Waals surface area contributed by atoms with Gasteiger partial charge in [-0.25, -0.2) is 0 Å². The topological polar surface area (TPSA) is 188 Å². The predicted octanol–water partition coefficient (Wildman–Crippen LogP) is 24.8. The molecule has 0 aliphatic heterocycles. The first-order valence-corrected chi connectivity index (χ1v) is 53.7. The summed E-state index contributed by atoms with van der Waals surface area (Å²) in [5.74, 6) is 18.6. The molecular weight excluding hydrogens is 1560 g/mol. The number of rotatable bonds is 13. The largest absolute Gasteiger partial charge is 0.393 e. The van der Waals surface area contributed by atoms with Gasteiger partial charge in [-0.3, -0.25) is 19.2 Å². The second kappa shape index (κ2) is 36.6. The number of aliphatic hydroxyl groups is 5. The maximum atomic E-state index is 13.0. The molecule has 20 saturated carbocycles. The number of hydrogen-bond donors (Lipinski definition) is 5. The van der Waals surface area contributed by atoms with Crippen LogP contribution in [0.3, 0.4) is 0 Å². The van der Waals surface area contributed by atoms with E-state index in [4.69, 9.17) is 9.47 Å². The smallest absolute Gasteiger partial charge is 0.136 e. The monoisotopic (exact) mass is 1740 g/mol. The van der Waals surface area contributed by atoms with E-state index in [1.807, 2.05) is 41.9 Å². The Hall–Kier alpha value is -2.90. The third-order valence-electron chi connectivity index (χ3n) is 47.4. The van der Waals surface area contributed by atoms with Gasteiger partial charge in [-0.15, -0.1) is 32.9 Å². The minimum absolute atomic E-state index is 0.0210. The zero-order valence-corrected chi connectivity index (χ0v) is 82.1. The molecule has 20 aliphatic rings. The quantitative estimate of drug-likeness (QED) is 0.110. The van der Waals surface area contributed by atoms with Crippen LogP contribution in [0.2, 0.25) is 0 Å². The Balaban J connectivity index is 0.000000116. The number of methoxy groups -OCH3 is 2. The molecule has 0 spiro atoms. The van der Waals surface area contributed by atoms with E-state index in [1.165, 1.54) is 128 Å². The van der Waals surface area contributed by atoms with Gasteiger partial charge >= 0.3 is 0 Å². The Morgan fingerprint density at radius 3 is 1.24 bits per heavy atom. The van der Waals surface area contributed by atoms with Gasteiger partial charge in [0, 0.05) is 35.9 Å². The lowest BCUT2D eigenvalue weighted by Crippen LogP contribution is -2.61. The van der Waals surface area contributed by atoms with E-state index in [2.05, 4.69) is 119 Å². The number of fused-ring (bicyclic) bond motifs is 25. The van der Waals surface area contributed by atoms with Gasteiger partial charge in [-0.05, 0) is 496 Å². The summed E-state index contributed by atoms with van der Waals surface area (Å²) in [6, 6.07) is 0. The molecule has 126 heavy (non-hydrogen) atoms. The lowest BCUT2D eigenvalue weighted by atomic mass is 9.43. The van der Waals surface area contributed by atoms with Crippen molar-refractivity contribution < 1.29 is 54.2 Å². The molecule has 0 aromatic rings. The van der Waals surface area contributed by atoms with E-state index in [0.717, 1.165) is 201 Å². The fraction of sp³-hybridized carbons (Fsp3) is 0.878. The number of carbonyl (C=O) groups is 4. The summed E-state index contributed by atoms with van der Waals surface area (Å²) >= 11 is 0. The lowest BCUT2D eigenvalue weighted by molar-refractivity contribution is -0.189. The first kappa shape index (κ1) is 96.2. The van der Waals surface area contributed by atoms with Crippen LogP contribution in [0.15, 0.2) is 63.3 Å².